The molecule has 0 saturated carbocycles. The molecule has 0 spiro atoms. The normalized spacial score (nSPS) is 12.1. The van der Waals surface area contributed by atoms with E-state index in [1.807, 2.05) is 48.3 Å². The Hall–Kier alpha value is -2.82. The number of nitrogens with zero attached hydrogens (tertiary/aromatic N) is 2. The van der Waals surface area contributed by atoms with E-state index >= 15 is 0 Å². The summed E-state index contributed by atoms with van der Waals surface area (Å²) < 4.78 is 10.9. The summed E-state index contributed by atoms with van der Waals surface area (Å²) in [5.74, 6) is 1.27. The molecule has 24 heavy (non-hydrogen) atoms. The maximum atomic E-state index is 11.7. The Morgan fingerprint density at radius 3 is 2.75 bits per heavy atom. The molecule has 3 rings (SSSR count). The molecule has 5 heteroatoms. The lowest BCUT2D eigenvalue weighted by Crippen LogP contribution is -2.22. The first-order valence-corrected chi connectivity index (χ1v) is 7.94. The Morgan fingerprint density at radius 1 is 1.29 bits per heavy atom. The molecule has 0 fully saturated rings. The van der Waals surface area contributed by atoms with Gasteiger partial charge in [-0.25, -0.2) is 9.78 Å². The fourth-order valence-corrected chi connectivity index (χ4v) is 2.53. The molecule has 1 atom stereocenters. The lowest BCUT2D eigenvalue weighted by atomic mass is 10.2. The van der Waals surface area contributed by atoms with Crippen molar-refractivity contribution in [3.63, 3.8) is 0 Å². The number of esters is 1. The summed E-state index contributed by atoms with van der Waals surface area (Å²) in [6.45, 7) is 4.19. The van der Waals surface area contributed by atoms with Gasteiger partial charge in [-0.1, -0.05) is 18.2 Å². The van der Waals surface area contributed by atoms with Crippen LogP contribution in [0.5, 0.6) is 0 Å². The highest BCUT2D eigenvalue weighted by atomic mass is 16.5. The number of hydrogen-bond acceptors (Lipinski definition) is 5. The molecular weight excluding hydrogens is 304 g/mol. The fourth-order valence-electron chi connectivity index (χ4n) is 2.53. The predicted octanol–water partition coefficient (Wildman–Crippen LogP) is 4.20. The van der Waals surface area contributed by atoms with Gasteiger partial charge in [-0.3, -0.25) is 0 Å². The Balaban J connectivity index is 1.79. The van der Waals surface area contributed by atoms with Gasteiger partial charge in [0, 0.05) is 18.6 Å². The van der Waals surface area contributed by atoms with Crippen LogP contribution in [0.1, 0.15) is 36.0 Å². The Kier molecular flexibility index (Phi) is 4.51. The third-order valence-corrected chi connectivity index (χ3v) is 4.06. The van der Waals surface area contributed by atoms with Crippen LogP contribution in [0.3, 0.4) is 0 Å². The van der Waals surface area contributed by atoms with Crippen molar-refractivity contribution >= 4 is 22.8 Å². The molecule has 2 aromatic heterocycles. The van der Waals surface area contributed by atoms with E-state index < -0.39 is 0 Å². The van der Waals surface area contributed by atoms with Gasteiger partial charge in [-0.2, -0.15) is 0 Å². The number of rotatable bonds is 5. The molecule has 1 unspecified atom stereocenters. The molecular formula is C19H20N2O3. The highest BCUT2D eigenvalue weighted by molar-refractivity contribution is 5.89. The molecule has 0 amide bonds. The van der Waals surface area contributed by atoms with Gasteiger partial charge in [0.1, 0.15) is 17.2 Å². The first-order valence-electron chi connectivity index (χ1n) is 7.94. The Labute approximate surface area is 140 Å². The number of ether oxygens (including phenoxy) is 1. The maximum Gasteiger partial charge on any atom is 0.339 e. The van der Waals surface area contributed by atoms with E-state index in [0.29, 0.717) is 12.2 Å². The second kappa shape index (κ2) is 6.74. The molecule has 0 aliphatic heterocycles. The van der Waals surface area contributed by atoms with Crippen LogP contribution < -0.4 is 4.90 Å². The minimum atomic E-state index is -0.357. The van der Waals surface area contributed by atoms with Crippen LogP contribution in [0, 0.1) is 0 Å². The van der Waals surface area contributed by atoms with Gasteiger partial charge >= 0.3 is 5.97 Å². The topological polar surface area (TPSA) is 55.6 Å². The minimum absolute atomic E-state index is 0.0124. The van der Waals surface area contributed by atoms with Crippen LogP contribution in [0.2, 0.25) is 0 Å². The number of pyridine rings is 1. The Morgan fingerprint density at radius 2 is 2.08 bits per heavy atom. The number of carbonyl (C=O) groups excluding carboxylic acids is 1. The molecule has 0 aliphatic rings. The lowest BCUT2D eigenvalue weighted by molar-refractivity contribution is 0.0526. The largest absolute Gasteiger partial charge is 0.462 e. The zero-order valence-corrected chi connectivity index (χ0v) is 14.0. The zero-order chi connectivity index (χ0) is 17.1. The second-order valence-electron chi connectivity index (χ2n) is 5.60. The summed E-state index contributed by atoms with van der Waals surface area (Å²) in [7, 11) is 1.95. The molecule has 0 saturated heterocycles. The van der Waals surface area contributed by atoms with E-state index in [0.717, 1.165) is 22.5 Å². The van der Waals surface area contributed by atoms with Crippen molar-refractivity contribution < 1.29 is 13.9 Å². The van der Waals surface area contributed by atoms with E-state index in [4.69, 9.17) is 9.15 Å². The van der Waals surface area contributed by atoms with Gasteiger partial charge in [0.15, 0.2) is 0 Å². The highest BCUT2D eigenvalue weighted by Crippen LogP contribution is 2.28. The van der Waals surface area contributed by atoms with Crippen LogP contribution in [-0.4, -0.2) is 24.6 Å². The third-order valence-electron chi connectivity index (χ3n) is 4.06. The SMILES string of the molecule is CCOC(=O)c1ccc(N(C)C(C)c2cc3ccccc3o2)nc1. The van der Waals surface area contributed by atoms with Crippen molar-refractivity contribution in [1.29, 1.82) is 0 Å². The van der Waals surface area contributed by atoms with Crippen molar-refractivity contribution in [3.05, 3.63) is 60.0 Å². The fraction of sp³-hybridized carbons (Fsp3) is 0.263. The van der Waals surface area contributed by atoms with Crippen molar-refractivity contribution in [3.8, 4) is 0 Å². The van der Waals surface area contributed by atoms with Gasteiger partial charge in [-0.05, 0) is 38.1 Å². The maximum absolute atomic E-state index is 11.7. The smallest absolute Gasteiger partial charge is 0.339 e. The lowest BCUT2D eigenvalue weighted by Gasteiger charge is -2.24. The third kappa shape index (κ3) is 3.11. The summed E-state index contributed by atoms with van der Waals surface area (Å²) >= 11 is 0. The van der Waals surface area contributed by atoms with Crippen molar-refractivity contribution in [1.82, 2.24) is 4.98 Å². The van der Waals surface area contributed by atoms with Crippen LogP contribution in [0.15, 0.2) is 53.1 Å². The molecule has 0 bridgehead atoms. The number of para-hydroxylation sites is 1. The van der Waals surface area contributed by atoms with Crippen LogP contribution in [-0.2, 0) is 4.74 Å². The van der Waals surface area contributed by atoms with Crippen molar-refractivity contribution in [2.45, 2.75) is 19.9 Å². The quantitative estimate of drug-likeness (QED) is 0.658. The van der Waals surface area contributed by atoms with Crippen LogP contribution >= 0.6 is 0 Å². The molecule has 0 radical (unpaired) electrons. The first-order chi connectivity index (χ1) is 11.6. The monoisotopic (exact) mass is 324 g/mol. The second-order valence-corrected chi connectivity index (χ2v) is 5.60. The molecule has 2 heterocycles. The number of fused-ring (bicyclic) bond motifs is 1. The first kappa shape index (κ1) is 16.1. The number of carbonyl (C=O) groups is 1. The molecule has 0 aliphatic carbocycles. The summed E-state index contributed by atoms with van der Waals surface area (Å²) in [5, 5.41) is 1.08. The van der Waals surface area contributed by atoms with Gasteiger partial charge in [0.05, 0.1) is 18.2 Å². The number of benzene rings is 1. The molecule has 124 valence electrons. The average molecular weight is 324 g/mol. The summed E-state index contributed by atoms with van der Waals surface area (Å²) in [5.41, 5.74) is 1.32. The van der Waals surface area contributed by atoms with Gasteiger partial charge in [0.25, 0.3) is 0 Å². The van der Waals surface area contributed by atoms with Crippen LogP contribution in [0.25, 0.3) is 11.0 Å². The molecule has 3 aromatic rings. The van der Waals surface area contributed by atoms with Gasteiger partial charge < -0.3 is 14.1 Å². The summed E-state index contributed by atoms with van der Waals surface area (Å²) in [6, 6.07) is 13.5. The van der Waals surface area contributed by atoms with Gasteiger partial charge in [0.2, 0.25) is 0 Å². The predicted molar refractivity (Wildman–Crippen MR) is 93.2 cm³/mol. The number of aromatic nitrogens is 1. The molecule has 0 N–H and O–H groups in total. The summed E-state index contributed by atoms with van der Waals surface area (Å²) in [4.78, 5) is 18.1. The standard InChI is InChI=1S/C19H20N2O3/c1-4-23-19(22)15-9-10-18(20-12-15)21(3)13(2)17-11-14-7-5-6-8-16(14)24-17/h5-13H,4H2,1-3H3. The minimum Gasteiger partial charge on any atom is -0.462 e. The van der Waals surface area contributed by atoms with E-state index in [2.05, 4.69) is 11.9 Å². The number of anilines is 1. The van der Waals surface area contributed by atoms with Crippen molar-refractivity contribution in [2.75, 3.05) is 18.6 Å². The van der Waals surface area contributed by atoms with E-state index in [1.165, 1.54) is 6.20 Å². The van der Waals surface area contributed by atoms with E-state index in [-0.39, 0.29) is 12.0 Å². The number of furan rings is 1. The Bertz CT molecular complexity index is 806. The van der Waals surface area contributed by atoms with E-state index in [1.54, 1.807) is 13.0 Å². The van der Waals surface area contributed by atoms with Crippen molar-refractivity contribution in [2.24, 2.45) is 0 Å². The van der Waals surface area contributed by atoms with Crippen LogP contribution in [0.4, 0.5) is 5.82 Å². The number of hydrogen-bond donors (Lipinski definition) is 0. The highest BCUT2D eigenvalue weighted by Gasteiger charge is 2.18. The molecule has 1 aromatic carbocycles. The van der Waals surface area contributed by atoms with E-state index in [9.17, 15) is 4.79 Å². The van der Waals surface area contributed by atoms with Gasteiger partial charge in [-0.15, -0.1) is 0 Å². The molecule has 5 nitrogen and oxygen atoms in total. The summed E-state index contributed by atoms with van der Waals surface area (Å²) in [6.07, 6.45) is 1.54. The zero-order valence-electron chi connectivity index (χ0n) is 14.0. The average Bonchev–Trinajstić information content (AvgIpc) is 3.05.